The zero-order chi connectivity index (χ0) is 15.9. The summed E-state index contributed by atoms with van der Waals surface area (Å²) in [6.07, 6.45) is 1.33. The second kappa shape index (κ2) is 7.77. The first kappa shape index (κ1) is 16.3. The van der Waals surface area contributed by atoms with E-state index in [2.05, 4.69) is 15.6 Å². The lowest BCUT2D eigenvalue weighted by molar-refractivity contribution is 0.155. The highest BCUT2D eigenvalue weighted by Crippen LogP contribution is 2.19. The molecule has 1 aromatic carbocycles. The number of urea groups is 1. The summed E-state index contributed by atoms with van der Waals surface area (Å²) in [7, 11) is 0. The molecule has 0 aliphatic heterocycles. The van der Waals surface area contributed by atoms with E-state index in [-0.39, 0.29) is 17.2 Å². The molecule has 0 aliphatic rings. The van der Waals surface area contributed by atoms with E-state index < -0.39 is 6.10 Å². The van der Waals surface area contributed by atoms with Crippen molar-refractivity contribution < 1.29 is 9.90 Å². The lowest BCUT2D eigenvalue weighted by Gasteiger charge is -2.18. The highest BCUT2D eigenvalue weighted by molar-refractivity contribution is 6.32. The number of nitrogens with zero attached hydrogens (tertiary/aromatic N) is 1. The van der Waals surface area contributed by atoms with Crippen LogP contribution < -0.4 is 10.6 Å². The smallest absolute Gasteiger partial charge is 0.319 e. The Balaban J connectivity index is 1.85. The number of pyridine rings is 1. The van der Waals surface area contributed by atoms with Crippen molar-refractivity contribution in [1.29, 1.82) is 0 Å². The van der Waals surface area contributed by atoms with E-state index in [1.165, 1.54) is 0 Å². The Morgan fingerprint density at radius 1 is 1.27 bits per heavy atom. The number of nitrogens with one attached hydrogen (secondary N) is 2. The number of carbonyl (C=O) groups is 1. The van der Waals surface area contributed by atoms with Gasteiger partial charge in [-0.15, -0.1) is 0 Å². The number of anilines is 1. The molecule has 1 heterocycles. The van der Waals surface area contributed by atoms with Gasteiger partial charge in [-0.2, -0.15) is 0 Å². The molecule has 0 bridgehead atoms. The molecule has 3 N–H and O–H groups in total. The molecule has 0 fully saturated rings. The maximum Gasteiger partial charge on any atom is 0.319 e. The lowest BCUT2D eigenvalue weighted by atomic mass is 10.0. The standard InChI is InChI=1S/C16H18ClN3O2/c1-11(10-14(21)12-6-3-2-4-7-12)19-16(22)20-13-8-5-9-18-15(13)17/h2-9,11,14,21H,10H2,1H3,(H2,19,20,22). The zero-order valence-electron chi connectivity index (χ0n) is 12.2. The third-order valence-electron chi connectivity index (χ3n) is 3.15. The Labute approximate surface area is 134 Å². The van der Waals surface area contributed by atoms with Gasteiger partial charge in [-0.25, -0.2) is 9.78 Å². The Morgan fingerprint density at radius 3 is 2.68 bits per heavy atom. The predicted molar refractivity (Wildman–Crippen MR) is 86.9 cm³/mol. The number of amides is 2. The fourth-order valence-corrected chi connectivity index (χ4v) is 2.23. The van der Waals surface area contributed by atoms with Crippen LogP contribution in [0.3, 0.4) is 0 Å². The van der Waals surface area contributed by atoms with Gasteiger partial charge in [0.1, 0.15) is 0 Å². The topological polar surface area (TPSA) is 74.2 Å². The summed E-state index contributed by atoms with van der Waals surface area (Å²) < 4.78 is 0. The number of hydrogen-bond donors (Lipinski definition) is 3. The zero-order valence-corrected chi connectivity index (χ0v) is 12.9. The van der Waals surface area contributed by atoms with Gasteiger partial charge >= 0.3 is 6.03 Å². The number of hydrogen-bond acceptors (Lipinski definition) is 3. The minimum Gasteiger partial charge on any atom is -0.388 e. The Hall–Kier alpha value is -2.11. The number of aliphatic hydroxyl groups is 1. The van der Waals surface area contributed by atoms with Crippen molar-refractivity contribution in [2.24, 2.45) is 0 Å². The van der Waals surface area contributed by atoms with Crippen LogP contribution in [0.5, 0.6) is 0 Å². The summed E-state index contributed by atoms with van der Waals surface area (Å²) >= 11 is 5.88. The summed E-state index contributed by atoms with van der Waals surface area (Å²) in [5.41, 5.74) is 1.27. The number of carbonyl (C=O) groups excluding carboxylic acids is 1. The largest absolute Gasteiger partial charge is 0.388 e. The van der Waals surface area contributed by atoms with Gasteiger partial charge < -0.3 is 15.7 Å². The fraction of sp³-hybridized carbons (Fsp3) is 0.250. The highest BCUT2D eigenvalue weighted by atomic mass is 35.5. The summed E-state index contributed by atoms with van der Waals surface area (Å²) in [5, 5.41) is 15.8. The molecular formula is C16H18ClN3O2. The molecule has 1 aromatic heterocycles. The van der Waals surface area contributed by atoms with Crippen LogP contribution in [-0.4, -0.2) is 22.2 Å². The molecule has 0 saturated carbocycles. The average Bonchev–Trinajstić information content (AvgIpc) is 2.50. The molecule has 0 spiro atoms. The first-order valence-corrected chi connectivity index (χ1v) is 7.35. The van der Waals surface area contributed by atoms with Crippen LogP contribution in [0.15, 0.2) is 48.7 Å². The van der Waals surface area contributed by atoms with E-state index in [9.17, 15) is 9.90 Å². The van der Waals surface area contributed by atoms with Crippen molar-refractivity contribution in [3.05, 3.63) is 59.4 Å². The van der Waals surface area contributed by atoms with Crippen LogP contribution in [0.25, 0.3) is 0 Å². The van der Waals surface area contributed by atoms with Gasteiger partial charge in [0, 0.05) is 12.2 Å². The predicted octanol–water partition coefficient (Wildman–Crippen LogP) is 3.37. The van der Waals surface area contributed by atoms with Crippen molar-refractivity contribution in [3.63, 3.8) is 0 Å². The van der Waals surface area contributed by atoms with E-state index in [0.717, 1.165) is 5.56 Å². The second-order valence-corrected chi connectivity index (χ2v) is 5.36. The van der Waals surface area contributed by atoms with Crippen LogP contribution in [0.4, 0.5) is 10.5 Å². The molecule has 22 heavy (non-hydrogen) atoms. The van der Waals surface area contributed by atoms with Gasteiger partial charge in [0.15, 0.2) is 5.15 Å². The summed E-state index contributed by atoms with van der Waals surface area (Å²) in [6, 6.07) is 12.1. The van der Waals surface area contributed by atoms with Crippen molar-refractivity contribution in [1.82, 2.24) is 10.3 Å². The third kappa shape index (κ3) is 4.72. The van der Waals surface area contributed by atoms with Crippen molar-refractivity contribution in [2.75, 3.05) is 5.32 Å². The monoisotopic (exact) mass is 319 g/mol. The fourth-order valence-electron chi connectivity index (χ4n) is 2.07. The molecule has 6 heteroatoms. The van der Waals surface area contributed by atoms with Gasteiger partial charge in [-0.3, -0.25) is 0 Å². The Kier molecular flexibility index (Phi) is 5.75. The van der Waals surface area contributed by atoms with Crippen LogP contribution in [0, 0.1) is 0 Å². The van der Waals surface area contributed by atoms with Gasteiger partial charge in [-0.05, 0) is 31.0 Å². The maximum absolute atomic E-state index is 11.9. The van der Waals surface area contributed by atoms with Gasteiger partial charge in [0.25, 0.3) is 0 Å². The van der Waals surface area contributed by atoms with Crippen LogP contribution in [0.1, 0.15) is 25.0 Å². The molecule has 2 atom stereocenters. The molecule has 2 aromatic rings. The third-order valence-corrected chi connectivity index (χ3v) is 3.45. The molecule has 2 rings (SSSR count). The SMILES string of the molecule is CC(CC(O)c1ccccc1)NC(=O)Nc1cccnc1Cl. The van der Waals surface area contributed by atoms with Crippen LogP contribution in [0.2, 0.25) is 5.15 Å². The molecule has 0 saturated heterocycles. The minimum atomic E-state index is -0.626. The molecule has 2 unspecified atom stereocenters. The minimum absolute atomic E-state index is 0.203. The summed E-state index contributed by atoms with van der Waals surface area (Å²) in [6.45, 7) is 1.83. The molecule has 116 valence electrons. The van der Waals surface area contributed by atoms with Crippen molar-refractivity contribution in [2.45, 2.75) is 25.5 Å². The molecule has 2 amide bonds. The number of aromatic nitrogens is 1. The second-order valence-electron chi connectivity index (χ2n) is 5.00. The molecule has 0 radical (unpaired) electrons. The van der Waals surface area contributed by atoms with E-state index in [4.69, 9.17) is 11.6 Å². The Bertz CT molecular complexity index is 622. The Morgan fingerprint density at radius 2 is 2.00 bits per heavy atom. The quantitative estimate of drug-likeness (QED) is 0.740. The van der Waals surface area contributed by atoms with E-state index in [1.54, 1.807) is 18.3 Å². The van der Waals surface area contributed by atoms with Gasteiger partial charge in [0.2, 0.25) is 0 Å². The van der Waals surface area contributed by atoms with Gasteiger partial charge in [-0.1, -0.05) is 41.9 Å². The van der Waals surface area contributed by atoms with E-state index in [0.29, 0.717) is 12.1 Å². The van der Waals surface area contributed by atoms with Gasteiger partial charge in [0.05, 0.1) is 11.8 Å². The van der Waals surface area contributed by atoms with Crippen molar-refractivity contribution >= 4 is 23.3 Å². The van der Waals surface area contributed by atoms with E-state index >= 15 is 0 Å². The summed E-state index contributed by atoms with van der Waals surface area (Å²) in [4.78, 5) is 15.8. The maximum atomic E-state index is 11.9. The average molecular weight is 320 g/mol. The molecule has 0 aliphatic carbocycles. The normalized spacial score (nSPS) is 13.2. The number of benzene rings is 1. The van der Waals surface area contributed by atoms with Crippen molar-refractivity contribution in [3.8, 4) is 0 Å². The lowest BCUT2D eigenvalue weighted by Crippen LogP contribution is -2.37. The van der Waals surface area contributed by atoms with Crippen LogP contribution in [-0.2, 0) is 0 Å². The van der Waals surface area contributed by atoms with E-state index in [1.807, 2.05) is 37.3 Å². The first-order valence-electron chi connectivity index (χ1n) is 6.97. The number of aliphatic hydroxyl groups excluding tert-OH is 1. The summed E-state index contributed by atoms with van der Waals surface area (Å²) in [5.74, 6) is 0. The molecule has 5 nitrogen and oxygen atoms in total. The molecular weight excluding hydrogens is 302 g/mol. The highest BCUT2D eigenvalue weighted by Gasteiger charge is 2.14. The number of halogens is 1. The first-order chi connectivity index (χ1) is 10.6. The number of rotatable bonds is 5. The van der Waals surface area contributed by atoms with Crippen LogP contribution >= 0.6 is 11.6 Å².